The SMILES string of the molecule is CCCC(=O)N1CCCC1C(=O)N1CCCC(N(CC(=O)O)C(C)=O)CC1. The molecule has 3 amide bonds. The van der Waals surface area contributed by atoms with Gasteiger partial charge in [0.15, 0.2) is 0 Å². The van der Waals surface area contributed by atoms with E-state index in [1.54, 1.807) is 9.80 Å². The summed E-state index contributed by atoms with van der Waals surface area (Å²) >= 11 is 0. The first kappa shape index (κ1) is 21.2. The Morgan fingerprint density at radius 3 is 2.37 bits per heavy atom. The summed E-state index contributed by atoms with van der Waals surface area (Å²) in [6, 6.07) is -0.540. The van der Waals surface area contributed by atoms with Gasteiger partial charge < -0.3 is 19.8 Å². The van der Waals surface area contributed by atoms with Crippen LogP contribution in [0.15, 0.2) is 0 Å². The molecule has 0 aromatic rings. The van der Waals surface area contributed by atoms with Crippen LogP contribution in [0.3, 0.4) is 0 Å². The number of rotatable bonds is 6. The highest BCUT2D eigenvalue weighted by Crippen LogP contribution is 2.23. The van der Waals surface area contributed by atoms with E-state index in [-0.39, 0.29) is 36.3 Å². The van der Waals surface area contributed by atoms with E-state index in [0.29, 0.717) is 45.3 Å². The molecule has 2 heterocycles. The lowest BCUT2D eigenvalue weighted by Gasteiger charge is -2.31. The number of amides is 3. The van der Waals surface area contributed by atoms with Gasteiger partial charge in [0.05, 0.1) is 0 Å². The third-order valence-electron chi connectivity index (χ3n) is 5.48. The number of hydrogen-bond donors (Lipinski definition) is 1. The topological polar surface area (TPSA) is 98.2 Å². The van der Waals surface area contributed by atoms with Crippen molar-refractivity contribution >= 4 is 23.7 Å². The Bertz CT molecular complexity index is 580. The van der Waals surface area contributed by atoms with Crippen LogP contribution in [-0.4, -0.2) is 81.8 Å². The van der Waals surface area contributed by atoms with Crippen LogP contribution < -0.4 is 0 Å². The molecule has 8 nitrogen and oxygen atoms in total. The summed E-state index contributed by atoms with van der Waals surface area (Å²) in [4.78, 5) is 53.1. The van der Waals surface area contributed by atoms with E-state index in [2.05, 4.69) is 0 Å². The highest BCUT2D eigenvalue weighted by Gasteiger charge is 2.37. The number of likely N-dealkylation sites (tertiary alicyclic amines) is 2. The van der Waals surface area contributed by atoms with Crippen molar-refractivity contribution in [1.82, 2.24) is 14.7 Å². The molecule has 27 heavy (non-hydrogen) atoms. The number of carbonyl (C=O) groups is 4. The number of nitrogens with zero attached hydrogens (tertiary/aromatic N) is 3. The second-order valence-electron chi connectivity index (χ2n) is 7.45. The summed E-state index contributed by atoms with van der Waals surface area (Å²) < 4.78 is 0. The van der Waals surface area contributed by atoms with E-state index in [4.69, 9.17) is 5.11 Å². The molecule has 2 aliphatic rings. The van der Waals surface area contributed by atoms with Crippen molar-refractivity contribution in [2.45, 2.75) is 70.9 Å². The van der Waals surface area contributed by atoms with Crippen LogP contribution in [-0.2, 0) is 19.2 Å². The third kappa shape index (κ3) is 5.43. The van der Waals surface area contributed by atoms with Crippen LogP contribution >= 0.6 is 0 Å². The lowest BCUT2D eigenvalue weighted by atomic mass is 10.1. The lowest BCUT2D eigenvalue weighted by Crippen LogP contribution is -2.48. The van der Waals surface area contributed by atoms with Gasteiger partial charge >= 0.3 is 5.97 Å². The molecule has 2 aliphatic heterocycles. The Balaban J connectivity index is 2.00. The molecule has 2 fully saturated rings. The molecule has 0 aromatic heterocycles. The molecule has 0 saturated carbocycles. The number of carboxylic acid groups (broad SMARTS) is 1. The van der Waals surface area contributed by atoms with E-state index in [1.165, 1.54) is 11.8 Å². The minimum Gasteiger partial charge on any atom is -0.480 e. The Morgan fingerprint density at radius 1 is 1.04 bits per heavy atom. The maximum absolute atomic E-state index is 13.0. The van der Waals surface area contributed by atoms with Crippen molar-refractivity contribution in [3.63, 3.8) is 0 Å². The van der Waals surface area contributed by atoms with Gasteiger partial charge in [-0.2, -0.15) is 0 Å². The summed E-state index contributed by atoms with van der Waals surface area (Å²) in [5, 5.41) is 9.05. The van der Waals surface area contributed by atoms with Crippen LogP contribution in [0.4, 0.5) is 0 Å². The second-order valence-corrected chi connectivity index (χ2v) is 7.45. The van der Waals surface area contributed by atoms with Gasteiger partial charge in [-0.3, -0.25) is 19.2 Å². The first-order chi connectivity index (χ1) is 12.8. The average molecular weight is 381 g/mol. The molecule has 2 unspecified atom stereocenters. The van der Waals surface area contributed by atoms with Gasteiger partial charge in [0.1, 0.15) is 12.6 Å². The predicted molar refractivity (Wildman–Crippen MR) is 98.9 cm³/mol. The summed E-state index contributed by atoms with van der Waals surface area (Å²) in [6.07, 6.45) is 4.75. The van der Waals surface area contributed by atoms with Crippen LogP contribution in [0.5, 0.6) is 0 Å². The largest absolute Gasteiger partial charge is 0.480 e. The van der Waals surface area contributed by atoms with Gasteiger partial charge in [-0.15, -0.1) is 0 Å². The number of hydrogen-bond acceptors (Lipinski definition) is 4. The fraction of sp³-hybridized carbons (Fsp3) is 0.789. The van der Waals surface area contributed by atoms with Crippen molar-refractivity contribution in [1.29, 1.82) is 0 Å². The molecule has 0 spiro atoms. The van der Waals surface area contributed by atoms with Gasteiger partial charge in [0.2, 0.25) is 17.7 Å². The molecule has 1 N–H and O–H groups in total. The van der Waals surface area contributed by atoms with E-state index in [9.17, 15) is 19.2 Å². The number of carboxylic acids is 1. The van der Waals surface area contributed by atoms with Crippen LogP contribution in [0, 0.1) is 0 Å². The zero-order chi connectivity index (χ0) is 20.0. The maximum atomic E-state index is 13.0. The summed E-state index contributed by atoms with van der Waals surface area (Å²) in [7, 11) is 0. The molecule has 0 aliphatic carbocycles. The zero-order valence-electron chi connectivity index (χ0n) is 16.4. The predicted octanol–water partition coefficient (Wildman–Crippen LogP) is 1.09. The third-order valence-corrected chi connectivity index (χ3v) is 5.48. The van der Waals surface area contributed by atoms with Crippen molar-refractivity contribution < 1.29 is 24.3 Å². The minimum absolute atomic E-state index is 0.00906. The number of carbonyl (C=O) groups excluding carboxylic acids is 3. The molecule has 0 bridgehead atoms. The summed E-state index contributed by atoms with van der Waals surface area (Å²) in [6.45, 7) is 4.74. The van der Waals surface area contributed by atoms with Crippen LogP contribution in [0.25, 0.3) is 0 Å². The molecular formula is C19H31N3O5. The fourth-order valence-electron chi connectivity index (χ4n) is 4.14. The van der Waals surface area contributed by atoms with Gasteiger partial charge in [-0.25, -0.2) is 0 Å². The molecule has 0 aromatic carbocycles. The molecule has 2 saturated heterocycles. The Morgan fingerprint density at radius 2 is 1.74 bits per heavy atom. The van der Waals surface area contributed by atoms with Crippen LogP contribution in [0.2, 0.25) is 0 Å². The van der Waals surface area contributed by atoms with Crippen molar-refractivity contribution in [3.8, 4) is 0 Å². The molecule has 152 valence electrons. The molecule has 0 radical (unpaired) electrons. The maximum Gasteiger partial charge on any atom is 0.323 e. The van der Waals surface area contributed by atoms with Gasteiger partial charge in [0, 0.05) is 39.0 Å². The second kappa shape index (κ2) is 9.71. The highest BCUT2D eigenvalue weighted by molar-refractivity contribution is 5.88. The quantitative estimate of drug-likeness (QED) is 0.743. The standard InChI is InChI=1S/C19H31N3O5/c1-3-6-17(24)21-11-5-8-16(21)19(27)20-10-4-7-15(9-12-20)22(14(2)23)13-18(25)26/h15-16H,3-13H2,1-2H3,(H,25,26). The van der Waals surface area contributed by atoms with E-state index >= 15 is 0 Å². The van der Waals surface area contributed by atoms with E-state index < -0.39 is 5.97 Å². The fourth-order valence-corrected chi connectivity index (χ4v) is 4.14. The normalized spacial score (nSPS) is 23.0. The highest BCUT2D eigenvalue weighted by atomic mass is 16.4. The first-order valence-electron chi connectivity index (χ1n) is 9.92. The lowest BCUT2D eigenvalue weighted by molar-refractivity contribution is -0.145. The first-order valence-corrected chi connectivity index (χ1v) is 9.92. The molecule has 2 atom stereocenters. The van der Waals surface area contributed by atoms with E-state index in [0.717, 1.165) is 19.3 Å². The Kier molecular flexibility index (Phi) is 7.62. The summed E-state index contributed by atoms with van der Waals surface area (Å²) in [5.41, 5.74) is 0. The summed E-state index contributed by atoms with van der Waals surface area (Å²) in [5.74, 6) is -1.25. The monoisotopic (exact) mass is 381 g/mol. The van der Waals surface area contributed by atoms with E-state index in [1.807, 2.05) is 6.92 Å². The zero-order valence-corrected chi connectivity index (χ0v) is 16.4. The Labute approximate surface area is 160 Å². The van der Waals surface area contributed by atoms with Gasteiger partial charge in [-0.05, 0) is 38.5 Å². The molecular weight excluding hydrogens is 350 g/mol. The Hall–Kier alpha value is -2.12. The van der Waals surface area contributed by atoms with Crippen LogP contribution in [0.1, 0.15) is 58.8 Å². The van der Waals surface area contributed by atoms with Gasteiger partial charge in [-0.1, -0.05) is 6.92 Å². The number of aliphatic carboxylic acids is 1. The van der Waals surface area contributed by atoms with Gasteiger partial charge in [0.25, 0.3) is 0 Å². The van der Waals surface area contributed by atoms with Crippen molar-refractivity contribution in [3.05, 3.63) is 0 Å². The van der Waals surface area contributed by atoms with Crippen molar-refractivity contribution in [2.24, 2.45) is 0 Å². The molecule has 2 rings (SSSR count). The molecule has 8 heteroatoms. The van der Waals surface area contributed by atoms with Crippen molar-refractivity contribution in [2.75, 3.05) is 26.2 Å². The average Bonchev–Trinajstić information content (AvgIpc) is 2.97. The minimum atomic E-state index is -1.03. The smallest absolute Gasteiger partial charge is 0.323 e.